The maximum absolute atomic E-state index is 15.1. The van der Waals surface area contributed by atoms with E-state index in [2.05, 4.69) is 96.0 Å². The summed E-state index contributed by atoms with van der Waals surface area (Å²) in [5, 5.41) is 12.3. The van der Waals surface area contributed by atoms with E-state index in [0.717, 1.165) is 19.3 Å². The first-order valence-electron chi connectivity index (χ1n) is 19.0. The number of nitrogens with zero attached hydrogens (tertiary/aromatic N) is 1. The highest BCUT2D eigenvalue weighted by atomic mass is 16.2. The molecular weight excluding hydrogens is 626 g/mol. The fourth-order valence-corrected chi connectivity index (χ4v) is 8.12. The number of allylic oxidation sites excluding steroid dienone is 2. The third-order valence-electron chi connectivity index (χ3n) is 11.6. The van der Waals surface area contributed by atoms with Gasteiger partial charge in [0.25, 0.3) is 5.91 Å². The van der Waals surface area contributed by atoms with Gasteiger partial charge in [-0.1, -0.05) is 100.0 Å². The maximum atomic E-state index is 15.1. The van der Waals surface area contributed by atoms with E-state index in [4.69, 9.17) is 0 Å². The second kappa shape index (κ2) is 18.8. The lowest BCUT2D eigenvalue weighted by Gasteiger charge is -2.39. The van der Waals surface area contributed by atoms with Gasteiger partial charge in [-0.05, 0) is 72.5 Å². The summed E-state index contributed by atoms with van der Waals surface area (Å²) < 4.78 is 0. The van der Waals surface area contributed by atoms with E-state index in [1.807, 2.05) is 30.9 Å². The molecule has 1 saturated carbocycles. The first kappa shape index (κ1) is 42.8. The minimum atomic E-state index is -0.803. The fraction of sp³-hybridized carbons (Fsp3) is 0.707. The molecule has 1 aliphatic carbocycles. The van der Waals surface area contributed by atoms with Crippen molar-refractivity contribution in [3.8, 4) is 0 Å². The Morgan fingerprint density at radius 2 is 1.62 bits per heavy atom. The summed E-state index contributed by atoms with van der Waals surface area (Å²) in [6, 6.07) is -2.42. The summed E-state index contributed by atoms with van der Waals surface area (Å²) in [5.74, 6) is -0.868. The molecule has 4 amide bonds. The molecule has 0 spiro atoms. The van der Waals surface area contributed by atoms with Crippen LogP contribution in [0.2, 0.25) is 0 Å². The molecule has 0 aromatic rings. The van der Waals surface area contributed by atoms with Crippen LogP contribution in [0.25, 0.3) is 0 Å². The molecular formula is C41H69N5O4. The van der Waals surface area contributed by atoms with Crippen LogP contribution in [0.15, 0.2) is 50.2 Å². The minimum Gasteiger partial charge on any atom is -0.377 e. The number of nitrogens with one attached hydrogen (secondary N) is 4. The van der Waals surface area contributed by atoms with Crippen molar-refractivity contribution in [2.45, 2.75) is 131 Å². The highest BCUT2D eigenvalue weighted by molar-refractivity contribution is 6.38. The minimum absolute atomic E-state index is 0.0198. The first-order valence-corrected chi connectivity index (χ1v) is 19.0. The standard InChI is InChI=1S/C41H69N5O4/c1-14-21-31(36(47)37(48)42-22-15-2)43-27(9)35-33-30(41(33,13)20-7)25-46(35)38(49)34(45-39(50)44-32(19-6)40(10,11)12)29(23-26(8)16-3)24-28(17-4)18-5/h15-17,26,28-35,43H,2-4,9,14,18-25H2,1,5-8,10-13H3,(H,42,48)(H2,44,45,50)/t26?,28?,29?,30-,31?,32?,33-,34?,35?,41?/m0/s1. The number of piperidine rings is 1. The van der Waals surface area contributed by atoms with Crippen LogP contribution in [0.4, 0.5) is 4.79 Å². The number of carbonyl (C=O) groups excluding carboxylic acids is 4. The van der Waals surface area contributed by atoms with Crippen LogP contribution < -0.4 is 21.3 Å². The van der Waals surface area contributed by atoms with Gasteiger partial charge in [0, 0.05) is 24.8 Å². The zero-order valence-corrected chi connectivity index (χ0v) is 32.7. The Hall–Kier alpha value is -3.36. The van der Waals surface area contributed by atoms with Gasteiger partial charge in [-0.3, -0.25) is 14.4 Å². The zero-order chi connectivity index (χ0) is 38.0. The van der Waals surface area contributed by atoms with Crippen molar-refractivity contribution in [2.75, 3.05) is 13.1 Å². The van der Waals surface area contributed by atoms with Gasteiger partial charge in [0.05, 0.1) is 12.1 Å². The number of ketones is 1. The summed E-state index contributed by atoms with van der Waals surface area (Å²) in [6.45, 7) is 35.8. The number of hydrogen-bond acceptors (Lipinski definition) is 5. The molecule has 8 unspecified atom stereocenters. The number of urea groups is 1. The number of carbonyl (C=O) groups is 4. The smallest absolute Gasteiger partial charge is 0.315 e. The van der Waals surface area contributed by atoms with E-state index in [9.17, 15) is 14.4 Å². The van der Waals surface area contributed by atoms with Crippen molar-refractivity contribution < 1.29 is 19.2 Å². The second-order valence-corrected chi connectivity index (χ2v) is 16.1. The molecule has 282 valence electrons. The fourth-order valence-electron chi connectivity index (χ4n) is 8.12. The lowest BCUT2D eigenvalue weighted by Crippen LogP contribution is -2.59. The summed E-state index contributed by atoms with van der Waals surface area (Å²) in [7, 11) is 0. The van der Waals surface area contributed by atoms with Crippen LogP contribution in [-0.4, -0.2) is 65.8 Å². The average molecular weight is 696 g/mol. The molecule has 0 aromatic carbocycles. The van der Waals surface area contributed by atoms with Crippen LogP contribution in [0.5, 0.6) is 0 Å². The van der Waals surface area contributed by atoms with Gasteiger partial charge in [-0.25, -0.2) is 4.79 Å². The number of fused-ring (bicyclic) bond motifs is 1. The van der Waals surface area contributed by atoms with Crippen LogP contribution in [0.3, 0.4) is 0 Å². The van der Waals surface area contributed by atoms with Gasteiger partial charge in [-0.15, -0.1) is 19.7 Å². The maximum Gasteiger partial charge on any atom is 0.315 e. The van der Waals surface area contributed by atoms with Crippen LogP contribution in [0, 0.1) is 40.4 Å². The normalized spacial score (nSPS) is 24.7. The third-order valence-corrected chi connectivity index (χ3v) is 11.6. The number of rotatable bonds is 22. The first-order chi connectivity index (χ1) is 23.5. The van der Waals surface area contributed by atoms with E-state index in [1.54, 1.807) is 0 Å². The van der Waals surface area contributed by atoms with Gasteiger partial charge in [0.2, 0.25) is 11.7 Å². The Morgan fingerprint density at radius 1 is 0.960 bits per heavy atom. The highest BCUT2D eigenvalue weighted by Gasteiger charge is 2.70. The van der Waals surface area contributed by atoms with E-state index in [-0.39, 0.29) is 64.9 Å². The van der Waals surface area contributed by atoms with Crippen LogP contribution in [-0.2, 0) is 14.4 Å². The average Bonchev–Trinajstić information content (AvgIpc) is 3.42. The van der Waals surface area contributed by atoms with E-state index < -0.39 is 29.8 Å². The topological polar surface area (TPSA) is 120 Å². The summed E-state index contributed by atoms with van der Waals surface area (Å²) >= 11 is 0. The van der Waals surface area contributed by atoms with Crippen molar-refractivity contribution in [3.63, 3.8) is 0 Å². The highest BCUT2D eigenvalue weighted by Crippen LogP contribution is 2.67. The quantitative estimate of drug-likeness (QED) is 0.0724. The Morgan fingerprint density at radius 3 is 2.12 bits per heavy atom. The van der Waals surface area contributed by atoms with Crippen molar-refractivity contribution in [3.05, 3.63) is 50.2 Å². The molecule has 1 heterocycles. The van der Waals surface area contributed by atoms with Crippen molar-refractivity contribution in [1.82, 2.24) is 26.2 Å². The Bertz CT molecular complexity index is 1240. The molecule has 9 nitrogen and oxygen atoms in total. The molecule has 0 radical (unpaired) electrons. The number of hydrogen-bond donors (Lipinski definition) is 4. The lowest BCUT2D eigenvalue weighted by molar-refractivity contribution is -0.139. The SMILES string of the molecule is C=CCNC(=O)C(=O)C(CCC)NC(=C)C1[C@@H]2[C@H](CN1C(=O)C(NC(=O)NC(CC)C(C)(C)C)C(CC(C)C=C)CC(C=C)CC)C2(C)CC. The molecule has 0 aromatic heterocycles. The molecule has 1 saturated heterocycles. The molecule has 2 rings (SSSR count). The van der Waals surface area contributed by atoms with Gasteiger partial charge in [0.15, 0.2) is 0 Å². The molecule has 50 heavy (non-hydrogen) atoms. The monoisotopic (exact) mass is 696 g/mol. The number of amides is 4. The summed E-state index contributed by atoms with van der Waals surface area (Å²) in [6.07, 6.45) is 10.4. The van der Waals surface area contributed by atoms with Gasteiger partial charge in [-0.2, -0.15) is 0 Å². The zero-order valence-electron chi connectivity index (χ0n) is 32.7. The molecule has 1 aliphatic heterocycles. The Kier molecular flexibility index (Phi) is 16.1. The third kappa shape index (κ3) is 10.3. The largest absolute Gasteiger partial charge is 0.377 e. The van der Waals surface area contributed by atoms with Crippen LogP contribution >= 0.6 is 0 Å². The predicted molar refractivity (Wildman–Crippen MR) is 205 cm³/mol. The molecule has 2 fully saturated rings. The second-order valence-electron chi connectivity index (χ2n) is 16.1. The van der Waals surface area contributed by atoms with Gasteiger partial charge in [0.1, 0.15) is 6.04 Å². The van der Waals surface area contributed by atoms with E-state index >= 15 is 4.79 Å². The van der Waals surface area contributed by atoms with Crippen molar-refractivity contribution in [1.29, 1.82) is 0 Å². The summed E-state index contributed by atoms with van der Waals surface area (Å²) in [4.78, 5) is 56.7. The Labute approximate surface area is 303 Å². The van der Waals surface area contributed by atoms with Gasteiger partial charge < -0.3 is 26.2 Å². The molecule has 9 heteroatoms. The van der Waals surface area contributed by atoms with Crippen molar-refractivity contribution in [2.24, 2.45) is 40.4 Å². The number of likely N-dealkylation sites (tertiary alicyclic amines) is 1. The van der Waals surface area contributed by atoms with E-state index in [1.165, 1.54) is 6.08 Å². The predicted octanol–water partition coefficient (Wildman–Crippen LogP) is 6.93. The van der Waals surface area contributed by atoms with Crippen molar-refractivity contribution >= 4 is 23.6 Å². The Balaban J connectivity index is 2.57. The molecule has 4 N–H and O–H groups in total. The van der Waals surface area contributed by atoms with Gasteiger partial charge >= 0.3 is 6.03 Å². The van der Waals surface area contributed by atoms with Crippen LogP contribution in [0.1, 0.15) is 107 Å². The molecule has 0 bridgehead atoms. The molecule has 2 aliphatic rings. The number of Topliss-reactive ketones (excluding diaryl/α,β-unsaturated/α-hetero) is 1. The van der Waals surface area contributed by atoms with E-state index in [0.29, 0.717) is 37.9 Å². The summed E-state index contributed by atoms with van der Waals surface area (Å²) in [5.41, 5.74) is 0.413. The molecule has 10 atom stereocenters. The lowest BCUT2D eigenvalue weighted by atomic mass is 9.81.